The van der Waals surface area contributed by atoms with Crippen molar-refractivity contribution in [2.75, 3.05) is 12.4 Å². The van der Waals surface area contributed by atoms with Crippen molar-refractivity contribution < 1.29 is 23.5 Å². The average Bonchev–Trinajstić information content (AvgIpc) is 3.16. The second-order valence-electron chi connectivity index (χ2n) is 9.68. The van der Waals surface area contributed by atoms with Gasteiger partial charge in [-0.1, -0.05) is 30.3 Å². The third-order valence-electron chi connectivity index (χ3n) is 6.31. The number of H-pyrrole nitrogens is 1. The molecule has 0 bridgehead atoms. The van der Waals surface area contributed by atoms with Crippen LogP contribution >= 0.6 is 0 Å². The zero-order valence-electron chi connectivity index (χ0n) is 20.2. The highest BCUT2D eigenvalue weighted by atomic mass is 19.1. The van der Waals surface area contributed by atoms with E-state index in [-0.39, 0.29) is 18.0 Å². The van der Waals surface area contributed by atoms with E-state index in [4.69, 9.17) is 4.74 Å². The van der Waals surface area contributed by atoms with Gasteiger partial charge in [0.15, 0.2) is 11.5 Å². The van der Waals surface area contributed by atoms with Crippen molar-refractivity contribution in [2.45, 2.75) is 45.7 Å². The maximum atomic E-state index is 14.0. The van der Waals surface area contributed by atoms with Gasteiger partial charge < -0.3 is 15.0 Å². The Hall–Kier alpha value is -3.81. The molecule has 1 unspecified atom stereocenters. The fraction of sp³-hybridized carbons (Fsp3) is 0.333. The summed E-state index contributed by atoms with van der Waals surface area (Å²) in [4.78, 5) is 45.5. The Morgan fingerprint density at radius 2 is 1.91 bits per heavy atom. The number of hydrogen-bond donors (Lipinski definition) is 2. The summed E-state index contributed by atoms with van der Waals surface area (Å²) in [6.45, 7) is 4.08. The number of aromatic nitrogens is 2. The summed E-state index contributed by atoms with van der Waals surface area (Å²) >= 11 is 0. The third-order valence-corrected chi connectivity index (χ3v) is 6.31. The van der Waals surface area contributed by atoms with Crippen molar-refractivity contribution in [3.63, 3.8) is 0 Å². The number of carbonyl (C=O) groups excluding carboxylic acids is 3. The van der Waals surface area contributed by atoms with E-state index in [1.54, 1.807) is 19.1 Å². The van der Waals surface area contributed by atoms with Crippen LogP contribution in [0.2, 0.25) is 0 Å². The first kappa shape index (κ1) is 24.3. The Labute approximate surface area is 203 Å². The summed E-state index contributed by atoms with van der Waals surface area (Å²) in [5, 5.41) is 2.50. The number of benzene rings is 1. The molecule has 0 spiro atoms. The van der Waals surface area contributed by atoms with Crippen molar-refractivity contribution in [1.82, 2.24) is 9.97 Å². The molecule has 35 heavy (non-hydrogen) atoms. The summed E-state index contributed by atoms with van der Waals surface area (Å²) < 4.78 is 19.0. The first-order valence-electron chi connectivity index (χ1n) is 11.4. The minimum atomic E-state index is -2.06. The van der Waals surface area contributed by atoms with E-state index in [1.165, 1.54) is 27.2 Å². The van der Waals surface area contributed by atoms with Gasteiger partial charge in [0.1, 0.15) is 5.82 Å². The van der Waals surface area contributed by atoms with Crippen LogP contribution in [0.1, 0.15) is 54.4 Å². The summed E-state index contributed by atoms with van der Waals surface area (Å²) in [7, 11) is 1.32. The Balaban J connectivity index is 1.81. The highest BCUT2D eigenvalue weighted by molar-refractivity contribution is 6.05. The van der Waals surface area contributed by atoms with E-state index in [1.807, 2.05) is 30.3 Å². The zero-order valence-corrected chi connectivity index (χ0v) is 20.2. The van der Waals surface area contributed by atoms with Crippen molar-refractivity contribution in [3.05, 3.63) is 71.0 Å². The van der Waals surface area contributed by atoms with Crippen LogP contribution in [-0.4, -0.2) is 40.4 Å². The first-order chi connectivity index (χ1) is 16.5. The Kier molecular flexibility index (Phi) is 6.32. The number of amides is 1. The molecule has 1 aliphatic rings. The Morgan fingerprint density at radius 1 is 1.20 bits per heavy atom. The topological polar surface area (TPSA) is 101 Å². The number of anilines is 1. The quantitative estimate of drug-likeness (QED) is 0.503. The van der Waals surface area contributed by atoms with Crippen molar-refractivity contribution in [2.24, 2.45) is 5.41 Å². The molecule has 2 aromatic heterocycles. The number of esters is 1. The number of methoxy groups -OCH3 is 1. The molecule has 0 saturated carbocycles. The summed E-state index contributed by atoms with van der Waals surface area (Å²) in [6.07, 6.45) is 2.38. The standard InChI is InChI=1S/C27H28FN3O4/c1-26(2,28)24(33)31-21-13-17(10-11-29-21)23-18(12-16-8-6-5-7-9-16)22-19(30-23)14-27(3,15-20(22)32)25(34)35-4/h5-11,13,30H,12,14-15H2,1-4H3,(H,29,31,33). The maximum absolute atomic E-state index is 14.0. The first-order valence-corrected chi connectivity index (χ1v) is 11.4. The zero-order chi connectivity index (χ0) is 25.4. The Bertz CT molecular complexity index is 1290. The molecule has 1 atom stereocenters. The van der Waals surface area contributed by atoms with Crippen LogP contribution in [0.25, 0.3) is 11.3 Å². The van der Waals surface area contributed by atoms with Gasteiger partial charge in [0.25, 0.3) is 5.91 Å². The van der Waals surface area contributed by atoms with Gasteiger partial charge in [-0.2, -0.15) is 0 Å². The fourth-order valence-corrected chi connectivity index (χ4v) is 4.49. The lowest BCUT2D eigenvalue weighted by atomic mass is 9.73. The molecule has 0 fully saturated rings. The van der Waals surface area contributed by atoms with Gasteiger partial charge in [0, 0.05) is 42.3 Å². The number of pyridine rings is 1. The molecule has 0 saturated heterocycles. The predicted octanol–water partition coefficient (Wildman–Crippen LogP) is 4.66. The minimum Gasteiger partial charge on any atom is -0.469 e. The van der Waals surface area contributed by atoms with Crippen LogP contribution in [0, 0.1) is 5.41 Å². The van der Waals surface area contributed by atoms with Crippen LogP contribution < -0.4 is 5.32 Å². The van der Waals surface area contributed by atoms with Gasteiger partial charge in [-0.15, -0.1) is 0 Å². The average molecular weight is 478 g/mol. The van der Waals surface area contributed by atoms with Crippen molar-refractivity contribution in [1.29, 1.82) is 0 Å². The van der Waals surface area contributed by atoms with Crippen LogP contribution in [0.15, 0.2) is 48.7 Å². The summed E-state index contributed by atoms with van der Waals surface area (Å²) in [5.41, 5.74) is 1.42. The molecule has 0 radical (unpaired) electrons. The van der Waals surface area contributed by atoms with Crippen molar-refractivity contribution in [3.8, 4) is 11.3 Å². The monoisotopic (exact) mass is 477 g/mol. The van der Waals surface area contributed by atoms with E-state index in [9.17, 15) is 18.8 Å². The number of halogens is 1. The van der Waals surface area contributed by atoms with Gasteiger partial charge >= 0.3 is 5.97 Å². The van der Waals surface area contributed by atoms with Crippen LogP contribution in [0.5, 0.6) is 0 Å². The lowest BCUT2D eigenvalue weighted by Crippen LogP contribution is -2.37. The molecule has 2 N–H and O–H groups in total. The largest absolute Gasteiger partial charge is 0.469 e. The van der Waals surface area contributed by atoms with Crippen LogP contribution in [-0.2, 0) is 27.2 Å². The number of nitrogens with one attached hydrogen (secondary N) is 2. The molecule has 182 valence electrons. The molecule has 3 aromatic rings. The SMILES string of the molecule is COC(=O)C1(C)CC(=O)c2c([nH]c(-c3ccnc(NC(=O)C(C)(C)F)c3)c2Cc2ccccc2)C1. The predicted molar refractivity (Wildman–Crippen MR) is 130 cm³/mol. The maximum Gasteiger partial charge on any atom is 0.312 e. The van der Waals surface area contributed by atoms with Gasteiger partial charge in [-0.25, -0.2) is 9.37 Å². The van der Waals surface area contributed by atoms with Gasteiger partial charge in [-0.05, 0) is 44.0 Å². The molecule has 1 amide bonds. The molecule has 0 aliphatic heterocycles. The number of ketones is 1. The minimum absolute atomic E-state index is 0.0506. The summed E-state index contributed by atoms with van der Waals surface area (Å²) in [5.74, 6) is -1.17. The van der Waals surface area contributed by atoms with E-state index in [0.29, 0.717) is 35.4 Å². The number of aromatic amines is 1. The van der Waals surface area contributed by atoms with Gasteiger partial charge in [0.2, 0.25) is 0 Å². The normalized spacial score (nSPS) is 17.6. The third kappa shape index (κ3) is 4.87. The molecule has 4 rings (SSSR count). The van der Waals surface area contributed by atoms with E-state index in [2.05, 4.69) is 15.3 Å². The molecule has 7 nitrogen and oxygen atoms in total. The van der Waals surface area contributed by atoms with E-state index >= 15 is 0 Å². The van der Waals surface area contributed by atoms with Gasteiger partial charge in [-0.3, -0.25) is 14.4 Å². The molecule has 2 heterocycles. The number of hydrogen-bond acceptors (Lipinski definition) is 5. The van der Waals surface area contributed by atoms with E-state index in [0.717, 1.165) is 11.1 Å². The number of Topliss-reactive ketones (excluding diaryl/α,β-unsaturated/α-hetero) is 1. The number of carbonyl (C=O) groups is 3. The fourth-order valence-electron chi connectivity index (χ4n) is 4.49. The molecule has 1 aromatic carbocycles. The highest BCUT2D eigenvalue weighted by Gasteiger charge is 2.44. The highest BCUT2D eigenvalue weighted by Crippen LogP contribution is 2.41. The molecular weight excluding hydrogens is 449 g/mol. The van der Waals surface area contributed by atoms with Crippen molar-refractivity contribution >= 4 is 23.5 Å². The molecule has 8 heteroatoms. The molecular formula is C27H28FN3O4. The number of alkyl halides is 1. The Morgan fingerprint density at radius 3 is 2.57 bits per heavy atom. The van der Waals surface area contributed by atoms with Crippen LogP contribution in [0.3, 0.4) is 0 Å². The van der Waals surface area contributed by atoms with Gasteiger partial charge in [0.05, 0.1) is 18.2 Å². The van der Waals surface area contributed by atoms with E-state index < -0.39 is 23.0 Å². The lowest BCUT2D eigenvalue weighted by molar-refractivity contribution is -0.151. The number of rotatable bonds is 6. The van der Waals surface area contributed by atoms with Crippen LogP contribution in [0.4, 0.5) is 10.2 Å². The number of fused-ring (bicyclic) bond motifs is 1. The summed E-state index contributed by atoms with van der Waals surface area (Å²) in [6, 6.07) is 13.2. The smallest absolute Gasteiger partial charge is 0.312 e. The second kappa shape index (κ2) is 9.09. The second-order valence-corrected chi connectivity index (χ2v) is 9.68. The molecule has 1 aliphatic carbocycles. The lowest BCUT2D eigenvalue weighted by Gasteiger charge is -2.29. The number of nitrogens with zero attached hydrogens (tertiary/aromatic N) is 1. The number of ether oxygens (including phenoxy) is 1.